The van der Waals surface area contributed by atoms with E-state index in [-0.39, 0.29) is 36.3 Å². The van der Waals surface area contributed by atoms with Crippen molar-refractivity contribution in [2.75, 3.05) is 14.2 Å². The molecule has 1 fully saturated rings. The van der Waals surface area contributed by atoms with Crippen molar-refractivity contribution in [3.63, 3.8) is 0 Å². The number of benzene rings is 2. The molecule has 6 heteroatoms. The Hall–Kier alpha value is -2.24. The third-order valence-electron chi connectivity index (χ3n) is 5.21. The molecule has 2 atom stereocenters. The highest BCUT2D eigenvalue weighted by atomic mass is 35.5. The van der Waals surface area contributed by atoms with E-state index < -0.39 is 0 Å². The van der Waals surface area contributed by atoms with Gasteiger partial charge in [-0.1, -0.05) is 37.3 Å². The van der Waals surface area contributed by atoms with E-state index in [4.69, 9.17) is 15.2 Å². The molecule has 1 aliphatic rings. The maximum Gasteiger partial charge on any atom is 0.227 e. The van der Waals surface area contributed by atoms with Crippen molar-refractivity contribution in [2.45, 2.75) is 38.4 Å². The zero-order valence-electron chi connectivity index (χ0n) is 16.6. The third-order valence-corrected chi connectivity index (χ3v) is 5.21. The molecule has 152 valence electrons. The summed E-state index contributed by atoms with van der Waals surface area (Å²) in [5.74, 6) is 1.29. The van der Waals surface area contributed by atoms with Gasteiger partial charge in [-0.3, -0.25) is 4.79 Å². The summed E-state index contributed by atoms with van der Waals surface area (Å²) in [6, 6.07) is 15.4. The summed E-state index contributed by atoms with van der Waals surface area (Å²) in [6.07, 6.45) is 2.07. The summed E-state index contributed by atoms with van der Waals surface area (Å²) < 4.78 is 10.8. The lowest BCUT2D eigenvalue weighted by Crippen LogP contribution is -2.40. The number of carbonyl (C=O) groups excluding carboxylic acids is 1. The van der Waals surface area contributed by atoms with Gasteiger partial charge in [-0.05, 0) is 36.6 Å². The van der Waals surface area contributed by atoms with E-state index >= 15 is 0 Å². The van der Waals surface area contributed by atoms with Crippen LogP contribution in [0.3, 0.4) is 0 Å². The molecule has 2 aromatic carbocycles. The van der Waals surface area contributed by atoms with Gasteiger partial charge in [0.05, 0.1) is 20.1 Å². The fourth-order valence-corrected chi connectivity index (χ4v) is 3.34. The van der Waals surface area contributed by atoms with Gasteiger partial charge in [-0.2, -0.15) is 0 Å². The van der Waals surface area contributed by atoms with E-state index in [1.165, 1.54) is 0 Å². The van der Waals surface area contributed by atoms with Crippen LogP contribution in [0.4, 0.5) is 0 Å². The maximum atomic E-state index is 13.3. The maximum absolute atomic E-state index is 13.3. The number of nitrogens with two attached hydrogens (primary N) is 1. The number of nitrogens with zero attached hydrogens (tertiary/aromatic N) is 1. The van der Waals surface area contributed by atoms with Gasteiger partial charge in [0, 0.05) is 24.2 Å². The molecule has 0 aliphatic heterocycles. The second kappa shape index (κ2) is 9.80. The van der Waals surface area contributed by atoms with Crippen LogP contribution in [0.1, 0.15) is 36.9 Å². The Kier molecular flexibility index (Phi) is 7.72. The van der Waals surface area contributed by atoms with Crippen LogP contribution in [0.5, 0.6) is 11.5 Å². The highest BCUT2D eigenvalue weighted by molar-refractivity contribution is 5.85. The molecule has 0 radical (unpaired) electrons. The first-order valence-electron chi connectivity index (χ1n) is 9.37. The summed E-state index contributed by atoms with van der Waals surface area (Å²) in [7, 11) is 3.28. The smallest absolute Gasteiger partial charge is 0.227 e. The lowest BCUT2D eigenvalue weighted by Gasteiger charge is -2.29. The van der Waals surface area contributed by atoms with Crippen LogP contribution in [-0.2, 0) is 11.3 Å². The van der Waals surface area contributed by atoms with Crippen molar-refractivity contribution < 1.29 is 14.3 Å². The van der Waals surface area contributed by atoms with E-state index in [1.54, 1.807) is 14.2 Å². The summed E-state index contributed by atoms with van der Waals surface area (Å²) in [4.78, 5) is 15.2. The molecule has 1 saturated carbocycles. The lowest BCUT2D eigenvalue weighted by atomic mass is 9.94. The molecule has 0 heterocycles. The molecule has 1 aliphatic carbocycles. The molecule has 0 saturated heterocycles. The molecule has 5 nitrogen and oxygen atoms in total. The minimum Gasteiger partial charge on any atom is -0.497 e. The van der Waals surface area contributed by atoms with E-state index in [9.17, 15) is 4.79 Å². The minimum absolute atomic E-state index is 0. The molecule has 0 bridgehead atoms. The van der Waals surface area contributed by atoms with Crippen LogP contribution in [0, 0.1) is 5.92 Å². The first-order valence-corrected chi connectivity index (χ1v) is 9.37. The molecular formula is C22H29ClN2O3. The van der Waals surface area contributed by atoms with Crippen molar-refractivity contribution in [3.8, 4) is 11.5 Å². The standard InChI is InChI=1S/C22H28N2O3.ClH/c1-15(21(23)16-7-5-4-6-8-16)22(25)24(18-9-10-18)14-17-13-19(26-2)11-12-20(17)27-3;/h4-8,11-13,15,18,21H,9-10,14,23H2,1-3H3;1H. The molecule has 1 amide bonds. The van der Waals surface area contributed by atoms with Crippen molar-refractivity contribution in [1.82, 2.24) is 4.90 Å². The third kappa shape index (κ3) is 4.97. The van der Waals surface area contributed by atoms with Gasteiger partial charge in [-0.15, -0.1) is 12.4 Å². The van der Waals surface area contributed by atoms with Crippen LogP contribution in [0.2, 0.25) is 0 Å². The normalized spacial score (nSPS) is 15.1. The molecule has 0 aromatic heterocycles. The average Bonchev–Trinajstić information content (AvgIpc) is 3.56. The van der Waals surface area contributed by atoms with E-state index in [2.05, 4.69) is 0 Å². The number of hydrogen-bond donors (Lipinski definition) is 1. The Labute approximate surface area is 173 Å². The number of ether oxygens (including phenoxy) is 2. The molecular weight excluding hydrogens is 376 g/mol. The zero-order valence-corrected chi connectivity index (χ0v) is 17.4. The van der Waals surface area contributed by atoms with Crippen molar-refractivity contribution in [2.24, 2.45) is 11.7 Å². The summed E-state index contributed by atoms with van der Waals surface area (Å²) in [5, 5.41) is 0. The zero-order chi connectivity index (χ0) is 19.4. The number of rotatable bonds is 8. The molecule has 0 spiro atoms. The van der Waals surface area contributed by atoms with Gasteiger partial charge in [0.2, 0.25) is 5.91 Å². The fourth-order valence-electron chi connectivity index (χ4n) is 3.34. The predicted molar refractivity (Wildman–Crippen MR) is 113 cm³/mol. The second-order valence-electron chi connectivity index (χ2n) is 7.10. The minimum atomic E-state index is -0.327. The van der Waals surface area contributed by atoms with Crippen LogP contribution in [-0.4, -0.2) is 31.1 Å². The van der Waals surface area contributed by atoms with Crippen LogP contribution >= 0.6 is 12.4 Å². The van der Waals surface area contributed by atoms with Crippen LogP contribution in [0.25, 0.3) is 0 Å². The highest BCUT2D eigenvalue weighted by Gasteiger charge is 2.36. The van der Waals surface area contributed by atoms with Crippen LogP contribution in [0.15, 0.2) is 48.5 Å². The first-order chi connectivity index (χ1) is 13.0. The van der Waals surface area contributed by atoms with Gasteiger partial charge in [0.1, 0.15) is 11.5 Å². The summed E-state index contributed by atoms with van der Waals surface area (Å²) in [6.45, 7) is 2.41. The quantitative estimate of drug-likeness (QED) is 0.723. The van der Waals surface area contributed by atoms with E-state index in [0.29, 0.717) is 6.54 Å². The highest BCUT2D eigenvalue weighted by Crippen LogP contribution is 2.34. The van der Waals surface area contributed by atoms with Gasteiger partial charge in [0.15, 0.2) is 0 Å². The number of amides is 1. The van der Waals surface area contributed by atoms with Gasteiger partial charge < -0.3 is 20.1 Å². The monoisotopic (exact) mass is 404 g/mol. The molecule has 2 unspecified atom stereocenters. The topological polar surface area (TPSA) is 64.8 Å². The molecule has 2 aromatic rings. The Morgan fingerprint density at radius 3 is 2.39 bits per heavy atom. The van der Waals surface area contributed by atoms with E-state index in [0.717, 1.165) is 35.5 Å². The Morgan fingerprint density at radius 1 is 1.14 bits per heavy atom. The van der Waals surface area contributed by atoms with E-state index in [1.807, 2.05) is 60.4 Å². The van der Waals surface area contributed by atoms with Crippen molar-refractivity contribution >= 4 is 18.3 Å². The van der Waals surface area contributed by atoms with Crippen LogP contribution < -0.4 is 15.2 Å². The van der Waals surface area contributed by atoms with Crippen molar-refractivity contribution in [3.05, 3.63) is 59.7 Å². The Balaban J connectivity index is 0.00000280. The number of hydrogen-bond acceptors (Lipinski definition) is 4. The summed E-state index contributed by atoms with van der Waals surface area (Å²) in [5.41, 5.74) is 8.32. The Morgan fingerprint density at radius 2 is 1.82 bits per heavy atom. The predicted octanol–water partition coefficient (Wildman–Crippen LogP) is 3.95. The molecule has 2 N–H and O–H groups in total. The average molecular weight is 405 g/mol. The molecule has 28 heavy (non-hydrogen) atoms. The van der Waals surface area contributed by atoms with Gasteiger partial charge in [-0.25, -0.2) is 0 Å². The Bertz CT molecular complexity index is 781. The number of carbonyl (C=O) groups is 1. The second-order valence-corrected chi connectivity index (χ2v) is 7.10. The summed E-state index contributed by atoms with van der Waals surface area (Å²) >= 11 is 0. The lowest BCUT2D eigenvalue weighted by molar-refractivity contribution is -0.137. The molecule has 3 rings (SSSR count). The SMILES string of the molecule is COc1ccc(OC)c(CN(C(=O)C(C)C(N)c2ccccc2)C2CC2)c1.Cl. The number of methoxy groups -OCH3 is 2. The van der Waals surface area contributed by atoms with Crippen molar-refractivity contribution in [1.29, 1.82) is 0 Å². The largest absolute Gasteiger partial charge is 0.497 e. The first kappa shape index (κ1) is 22.1. The van der Waals surface area contributed by atoms with Gasteiger partial charge in [0.25, 0.3) is 0 Å². The van der Waals surface area contributed by atoms with Gasteiger partial charge >= 0.3 is 0 Å². The number of halogens is 1. The fraction of sp³-hybridized carbons (Fsp3) is 0.409.